The Morgan fingerprint density at radius 1 is 0.882 bits per heavy atom. The average molecular weight is 282 g/mol. The lowest BCUT2D eigenvalue weighted by Gasteiger charge is -2.18. The lowest BCUT2D eigenvalue weighted by Crippen LogP contribution is -2.20. The molecule has 8 nitrogen and oxygen atoms in total. The molecule has 10 heteroatoms. The minimum absolute atomic E-state index is 0.426. The maximum absolute atomic E-state index is 10.6. The largest absolute Gasteiger partial charge is 0.325 e. The zero-order valence-corrected chi connectivity index (χ0v) is 10.5. The summed E-state index contributed by atoms with van der Waals surface area (Å²) in [5, 5.41) is 17.6. The van der Waals surface area contributed by atoms with Crippen molar-refractivity contribution in [1.29, 1.82) is 10.5 Å². The molecule has 0 heterocycles. The first kappa shape index (κ1) is 16.3. The van der Waals surface area contributed by atoms with E-state index in [0.29, 0.717) is 0 Å². The SMILES string of the molecule is N#CC(C#N)(CCP(=O)(O)O)CCP(=O)(O)O. The summed E-state index contributed by atoms with van der Waals surface area (Å²) in [6.07, 6.45) is -2.20. The molecule has 0 aromatic carbocycles. The van der Waals surface area contributed by atoms with Crippen molar-refractivity contribution < 1.29 is 28.7 Å². The van der Waals surface area contributed by atoms with E-state index in [0.717, 1.165) is 0 Å². The fourth-order valence-electron chi connectivity index (χ4n) is 1.05. The highest BCUT2D eigenvalue weighted by Gasteiger charge is 2.34. The Balaban J connectivity index is 4.72. The molecule has 0 aliphatic heterocycles. The van der Waals surface area contributed by atoms with Crippen molar-refractivity contribution in [3.05, 3.63) is 0 Å². The van der Waals surface area contributed by atoms with E-state index in [2.05, 4.69) is 0 Å². The lowest BCUT2D eigenvalue weighted by atomic mass is 9.86. The molecule has 0 aromatic rings. The molecule has 0 saturated carbocycles. The van der Waals surface area contributed by atoms with E-state index in [1.807, 2.05) is 0 Å². The van der Waals surface area contributed by atoms with Crippen molar-refractivity contribution in [2.75, 3.05) is 12.3 Å². The van der Waals surface area contributed by atoms with Gasteiger partial charge in [0.2, 0.25) is 0 Å². The molecule has 0 amide bonds. The van der Waals surface area contributed by atoms with Crippen LogP contribution in [0.4, 0.5) is 0 Å². The van der Waals surface area contributed by atoms with Crippen LogP contribution < -0.4 is 0 Å². The fourth-order valence-corrected chi connectivity index (χ4v) is 2.39. The Bertz CT molecular complexity index is 396. The van der Waals surface area contributed by atoms with Crippen molar-refractivity contribution in [3.63, 3.8) is 0 Å². The number of hydrogen-bond donors (Lipinski definition) is 4. The second kappa shape index (κ2) is 5.75. The smallest absolute Gasteiger partial charge is 0.324 e. The standard InChI is InChI=1S/C7H12N2O6P2/c8-5-7(6-9,1-3-16(10,11)12)2-4-17(13,14)15/h1-4H2,(H2,10,11,12)(H2,13,14,15). The summed E-state index contributed by atoms with van der Waals surface area (Å²) in [5.41, 5.74) is -1.78. The van der Waals surface area contributed by atoms with Gasteiger partial charge in [-0.2, -0.15) is 10.5 Å². The molecule has 0 spiro atoms. The summed E-state index contributed by atoms with van der Waals surface area (Å²) in [6, 6.07) is 3.13. The molecule has 0 saturated heterocycles. The van der Waals surface area contributed by atoms with Crippen molar-refractivity contribution in [3.8, 4) is 12.1 Å². The van der Waals surface area contributed by atoms with Crippen molar-refractivity contribution in [1.82, 2.24) is 0 Å². The maximum Gasteiger partial charge on any atom is 0.325 e. The molecule has 0 bridgehead atoms. The van der Waals surface area contributed by atoms with Crippen LogP contribution in [0.5, 0.6) is 0 Å². The molecule has 0 atom stereocenters. The predicted molar refractivity (Wildman–Crippen MR) is 56.7 cm³/mol. The van der Waals surface area contributed by atoms with Crippen LogP contribution in [0.1, 0.15) is 12.8 Å². The summed E-state index contributed by atoms with van der Waals surface area (Å²) in [6.45, 7) is 0. The van der Waals surface area contributed by atoms with Crippen LogP contribution in [-0.2, 0) is 9.13 Å². The minimum Gasteiger partial charge on any atom is -0.324 e. The number of rotatable bonds is 6. The van der Waals surface area contributed by atoms with E-state index in [9.17, 15) is 9.13 Å². The average Bonchev–Trinajstić information content (AvgIpc) is 2.16. The lowest BCUT2D eigenvalue weighted by molar-refractivity contribution is 0.353. The summed E-state index contributed by atoms with van der Waals surface area (Å²) < 4.78 is 21.3. The Kier molecular flexibility index (Phi) is 5.51. The summed E-state index contributed by atoms with van der Waals surface area (Å²) in [4.78, 5) is 34.6. The van der Waals surface area contributed by atoms with Crippen molar-refractivity contribution in [2.24, 2.45) is 5.41 Å². The summed E-state index contributed by atoms with van der Waals surface area (Å²) in [7, 11) is -8.70. The van der Waals surface area contributed by atoms with Gasteiger partial charge in [0.25, 0.3) is 0 Å². The molecule has 17 heavy (non-hydrogen) atoms. The highest BCUT2D eigenvalue weighted by molar-refractivity contribution is 7.52. The van der Waals surface area contributed by atoms with Gasteiger partial charge in [0, 0.05) is 0 Å². The third-order valence-electron chi connectivity index (χ3n) is 2.09. The van der Waals surface area contributed by atoms with Gasteiger partial charge in [-0.3, -0.25) is 9.13 Å². The molecule has 0 fully saturated rings. The monoisotopic (exact) mass is 282 g/mol. The molecule has 0 aliphatic carbocycles. The van der Waals surface area contributed by atoms with E-state index in [1.165, 1.54) is 0 Å². The Hall–Kier alpha value is -0.720. The Labute approximate surface area is 97.8 Å². The van der Waals surface area contributed by atoms with E-state index >= 15 is 0 Å². The van der Waals surface area contributed by atoms with Gasteiger partial charge in [0.15, 0.2) is 0 Å². The van der Waals surface area contributed by atoms with Gasteiger partial charge >= 0.3 is 15.2 Å². The highest BCUT2D eigenvalue weighted by Crippen LogP contribution is 2.43. The van der Waals surface area contributed by atoms with Gasteiger partial charge in [0.1, 0.15) is 5.41 Å². The van der Waals surface area contributed by atoms with E-state index < -0.39 is 45.8 Å². The molecular weight excluding hydrogens is 270 g/mol. The molecule has 0 rings (SSSR count). The molecule has 0 aromatic heterocycles. The summed E-state index contributed by atoms with van der Waals surface area (Å²) in [5.74, 6) is 0. The topological polar surface area (TPSA) is 163 Å². The number of nitrogens with zero attached hydrogens (tertiary/aromatic N) is 2. The Morgan fingerprint density at radius 3 is 1.35 bits per heavy atom. The zero-order chi connectivity index (χ0) is 13.7. The van der Waals surface area contributed by atoms with Crippen molar-refractivity contribution in [2.45, 2.75) is 12.8 Å². The quantitative estimate of drug-likeness (QED) is 0.500. The first-order valence-electron chi connectivity index (χ1n) is 4.45. The van der Waals surface area contributed by atoms with Gasteiger partial charge < -0.3 is 19.6 Å². The highest BCUT2D eigenvalue weighted by atomic mass is 31.2. The van der Waals surface area contributed by atoms with Crippen LogP contribution >= 0.6 is 15.2 Å². The van der Waals surface area contributed by atoms with E-state index in [1.54, 1.807) is 12.1 Å². The third-order valence-corrected chi connectivity index (χ3v) is 3.70. The first-order chi connectivity index (χ1) is 7.54. The van der Waals surface area contributed by atoms with E-state index in [-0.39, 0.29) is 0 Å². The Morgan fingerprint density at radius 2 is 1.18 bits per heavy atom. The number of hydrogen-bond acceptors (Lipinski definition) is 4. The van der Waals surface area contributed by atoms with Crippen LogP contribution in [0.3, 0.4) is 0 Å². The van der Waals surface area contributed by atoms with Gasteiger partial charge in [-0.05, 0) is 12.8 Å². The van der Waals surface area contributed by atoms with Gasteiger partial charge in [-0.15, -0.1) is 0 Å². The van der Waals surface area contributed by atoms with Crippen molar-refractivity contribution >= 4 is 15.2 Å². The molecule has 0 aliphatic rings. The van der Waals surface area contributed by atoms with E-state index in [4.69, 9.17) is 30.1 Å². The third kappa shape index (κ3) is 7.25. The zero-order valence-electron chi connectivity index (χ0n) is 8.72. The van der Waals surface area contributed by atoms with Crippen LogP contribution in [0.25, 0.3) is 0 Å². The minimum atomic E-state index is -4.35. The molecule has 0 unspecified atom stereocenters. The molecular formula is C7H12N2O6P2. The van der Waals surface area contributed by atoms with Crippen LogP contribution in [-0.4, -0.2) is 31.9 Å². The van der Waals surface area contributed by atoms with Gasteiger partial charge in [-0.25, -0.2) is 0 Å². The molecule has 4 N–H and O–H groups in total. The van der Waals surface area contributed by atoms with Gasteiger partial charge in [0.05, 0.1) is 24.5 Å². The predicted octanol–water partition coefficient (Wildman–Crippen LogP) is 0.156. The summed E-state index contributed by atoms with van der Waals surface area (Å²) >= 11 is 0. The fraction of sp³-hybridized carbons (Fsp3) is 0.714. The molecule has 96 valence electrons. The van der Waals surface area contributed by atoms with Crippen LogP contribution in [0, 0.1) is 28.1 Å². The van der Waals surface area contributed by atoms with Crippen LogP contribution in [0.2, 0.25) is 0 Å². The number of nitriles is 2. The second-order valence-corrected chi connectivity index (χ2v) is 7.14. The maximum atomic E-state index is 10.6. The van der Waals surface area contributed by atoms with Gasteiger partial charge in [-0.1, -0.05) is 0 Å². The normalized spacial score (nSPS) is 12.8. The molecule has 0 radical (unpaired) electrons. The second-order valence-electron chi connectivity index (χ2n) is 3.58. The first-order valence-corrected chi connectivity index (χ1v) is 8.05. The van der Waals surface area contributed by atoms with Crippen LogP contribution in [0.15, 0.2) is 0 Å².